The lowest BCUT2D eigenvalue weighted by atomic mass is 10.0. The fourth-order valence-corrected chi connectivity index (χ4v) is 2.22. The zero-order valence-corrected chi connectivity index (χ0v) is 13.8. The molecule has 8 nitrogen and oxygen atoms in total. The molecule has 0 saturated carbocycles. The summed E-state index contributed by atoms with van der Waals surface area (Å²) in [6.45, 7) is 1.70. The molecule has 1 aromatic carbocycles. The van der Waals surface area contributed by atoms with Gasteiger partial charge >= 0.3 is 0 Å². The molecule has 1 aromatic rings. The van der Waals surface area contributed by atoms with Crippen molar-refractivity contribution in [3.63, 3.8) is 0 Å². The molecule has 0 atom stereocenters. The number of hydrogen-bond donors (Lipinski definition) is 2. The molecule has 23 heavy (non-hydrogen) atoms. The van der Waals surface area contributed by atoms with Crippen LogP contribution >= 0.6 is 12.4 Å². The highest BCUT2D eigenvalue weighted by Crippen LogP contribution is 2.34. The second kappa shape index (κ2) is 8.54. The van der Waals surface area contributed by atoms with E-state index in [2.05, 4.69) is 10.6 Å². The number of hydrogen-bond acceptors (Lipinski definition) is 6. The number of carbonyl (C=O) groups excluding carboxylic acids is 1. The molecule has 0 aliphatic carbocycles. The molecular formula is C14H20ClN3O5. The van der Waals surface area contributed by atoms with Gasteiger partial charge in [0.25, 0.3) is 5.69 Å². The van der Waals surface area contributed by atoms with Crippen molar-refractivity contribution in [3.05, 3.63) is 27.8 Å². The van der Waals surface area contributed by atoms with Gasteiger partial charge in [-0.3, -0.25) is 14.9 Å². The summed E-state index contributed by atoms with van der Waals surface area (Å²) in [5.41, 5.74) is 0.451. The first-order valence-electron chi connectivity index (χ1n) is 6.94. The lowest BCUT2D eigenvalue weighted by Crippen LogP contribution is -2.51. The predicted octanol–water partition coefficient (Wildman–Crippen LogP) is 0.912. The van der Waals surface area contributed by atoms with E-state index in [1.54, 1.807) is 6.07 Å². The Kier molecular flexibility index (Phi) is 7.05. The van der Waals surface area contributed by atoms with Crippen LogP contribution < -0.4 is 20.1 Å². The van der Waals surface area contributed by atoms with E-state index in [0.29, 0.717) is 43.1 Å². The molecule has 1 saturated heterocycles. The summed E-state index contributed by atoms with van der Waals surface area (Å²) >= 11 is 0. The number of nitrogens with one attached hydrogen (secondary N) is 2. The Hall–Kier alpha value is -2.06. The number of nitro groups is 1. The Morgan fingerprint density at radius 3 is 2.43 bits per heavy atom. The average molecular weight is 346 g/mol. The molecule has 9 heteroatoms. The smallest absolute Gasteiger partial charge is 0.276 e. The minimum absolute atomic E-state index is 0. The molecule has 2 N–H and O–H groups in total. The summed E-state index contributed by atoms with van der Waals surface area (Å²) in [7, 11) is 2.90. The van der Waals surface area contributed by atoms with Gasteiger partial charge in [0.1, 0.15) is 0 Å². The van der Waals surface area contributed by atoms with Gasteiger partial charge in [-0.15, -0.1) is 12.4 Å². The summed E-state index contributed by atoms with van der Waals surface area (Å²) in [6.07, 6.45) is 0.350. The Bertz CT molecular complexity index is 578. The Morgan fingerprint density at radius 2 is 1.96 bits per heavy atom. The van der Waals surface area contributed by atoms with E-state index < -0.39 is 4.92 Å². The van der Waals surface area contributed by atoms with Crippen LogP contribution in [0.5, 0.6) is 11.5 Å². The third-order valence-electron chi connectivity index (χ3n) is 3.63. The molecule has 0 spiro atoms. The maximum Gasteiger partial charge on any atom is 0.276 e. The van der Waals surface area contributed by atoms with Crippen LogP contribution in [0.25, 0.3) is 0 Å². The van der Waals surface area contributed by atoms with Crippen molar-refractivity contribution < 1.29 is 19.2 Å². The van der Waals surface area contributed by atoms with Crippen molar-refractivity contribution in [2.45, 2.75) is 6.42 Å². The molecule has 0 bridgehead atoms. The van der Waals surface area contributed by atoms with Crippen molar-refractivity contribution >= 4 is 24.0 Å². The van der Waals surface area contributed by atoms with Gasteiger partial charge in [0, 0.05) is 25.2 Å². The molecule has 0 aromatic heterocycles. The number of halogens is 1. The molecule has 1 heterocycles. The molecule has 1 fully saturated rings. The normalized spacial score (nSPS) is 13.5. The van der Waals surface area contributed by atoms with E-state index in [4.69, 9.17) is 9.47 Å². The Balaban J connectivity index is 0.00000264. The summed E-state index contributed by atoms with van der Waals surface area (Å²) in [4.78, 5) is 22.4. The second-order valence-electron chi connectivity index (χ2n) is 4.99. The number of ether oxygens (including phenoxy) is 2. The maximum absolute atomic E-state index is 11.7. The third-order valence-corrected chi connectivity index (χ3v) is 3.63. The van der Waals surface area contributed by atoms with Gasteiger partial charge in [0.05, 0.1) is 31.1 Å². The molecule has 1 aliphatic heterocycles. The largest absolute Gasteiger partial charge is 0.493 e. The van der Waals surface area contributed by atoms with Crippen LogP contribution in [0.3, 0.4) is 0 Å². The molecule has 0 unspecified atom stereocenters. The van der Waals surface area contributed by atoms with Crippen LogP contribution in [0.4, 0.5) is 5.69 Å². The standard InChI is InChI=1S/C14H19N3O5.ClH/c1-21-12-5-9(11(17(19)20)6-13(12)22-2)3-4-16-14(18)10-7-15-8-10;/h5-6,10,15H,3-4,7-8H2,1-2H3,(H,16,18);1H. The Morgan fingerprint density at radius 1 is 1.35 bits per heavy atom. The fourth-order valence-electron chi connectivity index (χ4n) is 2.22. The van der Waals surface area contributed by atoms with Gasteiger partial charge < -0.3 is 20.1 Å². The van der Waals surface area contributed by atoms with Crippen LogP contribution in [0.2, 0.25) is 0 Å². The van der Waals surface area contributed by atoms with Crippen molar-refractivity contribution in [1.29, 1.82) is 0 Å². The first-order valence-corrected chi connectivity index (χ1v) is 6.94. The van der Waals surface area contributed by atoms with Crippen molar-refractivity contribution in [2.24, 2.45) is 5.92 Å². The van der Waals surface area contributed by atoms with Crippen molar-refractivity contribution in [2.75, 3.05) is 33.9 Å². The maximum atomic E-state index is 11.7. The minimum atomic E-state index is -0.463. The van der Waals surface area contributed by atoms with Crippen LogP contribution in [0.1, 0.15) is 5.56 Å². The second-order valence-corrected chi connectivity index (χ2v) is 4.99. The van der Waals surface area contributed by atoms with Crippen molar-refractivity contribution in [1.82, 2.24) is 10.6 Å². The van der Waals surface area contributed by atoms with Crippen LogP contribution in [0, 0.1) is 16.0 Å². The lowest BCUT2D eigenvalue weighted by molar-refractivity contribution is -0.385. The van der Waals surface area contributed by atoms with Gasteiger partial charge in [0.2, 0.25) is 5.91 Å². The fraction of sp³-hybridized carbons (Fsp3) is 0.500. The average Bonchev–Trinajstić information content (AvgIpc) is 2.44. The number of nitrogens with zero attached hydrogens (tertiary/aromatic N) is 1. The Labute approximate surface area is 140 Å². The van der Waals surface area contributed by atoms with E-state index in [1.807, 2.05) is 0 Å². The van der Waals surface area contributed by atoms with Gasteiger partial charge in [-0.05, 0) is 12.5 Å². The van der Waals surface area contributed by atoms with E-state index in [9.17, 15) is 14.9 Å². The molecule has 128 valence electrons. The zero-order valence-electron chi connectivity index (χ0n) is 13.0. The minimum Gasteiger partial charge on any atom is -0.493 e. The number of amides is 1. The molecular weight excluding hydrogens is 326 g/mol. The number of benzene rings is 1. The zero-order chi connectivity index (χ0) is 16.1. The molecule has 1 amide bonds. The molecule has 0 radical (unpaired) electrons. The summed E-state index contributed by atoms with van der Waals surface area (Å²) in [5, 5.41) is 17.0. The first-order chi connectivity index (χ1) is 10.6. The molecule has 1 aliphatic rings. The van der Waals surface area contributed by atoms with E-state index in [0.717, 1.165) is 0 Å². The summed E-state index contributed by atoms with van der Waals surface area (Å²) in [5.74, 6) is 0.711. The van der Waals surface area contributed by atoms with Gasteiger partial charge in [-0.1, -0.05) is 0 Å². The van der Waals surface area contributed by atoms with Crippen LogP contribution in [-0.4, -0.2) is 44.7 Å². The number of rotatable bonds is 7. The van der Waals surface area contributed by atoms with Gasteiger partial charge in [-0.2, -0.15) is 0 Å². The predicted molar refractivity (Wildman–Crippen MR) is 86.5 cm³/mol. The SMILES string of the molecule is COc1cc(CCNC(=O)C2CNC2)c([N+](=O)[O-])cc1OC.Cl. The lowest BCUT2D eigenvalue weighted by Gasteiger charge is -2.25. The first kappa shape index (κ1) is 19.0. The number of nitro benzene ring substituents is 1. The number of methoxy groups -OCH3 is 2. The van der Waals surface area contributed by atoms with E-state index in [-0.39, 0.29) is 29.9 Å². The third kappa shape index (κ3) is 4.46. The molecule has 2 rings (SSSR count). The highest BCUT2D eigenvalue weighted by Gasteiger charge is 2.25. The topological polar surface area (TPSA) is 103 Å². The van der Waals surface area contributed by atoms with E-state index >= 15 is 0 Å². The highest BCUT2D eigenvalue weighted by atomic mass is 35.5. The summed E-state index contributed by atoms with van der Waals surface area (Å²) < 4.78 is 10.2. The van der Waals surface area contributed by atoms with E-state index in [1.165, 1.54) is 20.3 Å². The van der Waals surface area contributed by atoms with Crippen molar-refractivity contribution in [3.8, 4) is 11.5 Å². The summed E-state index contributed by atoms with van der Waals surface area (Å²) in [6, 6.07) is 2.92. The van der Waals surface area contributed by atoms with Crippen LogP contribution in [-0.2, 0) is 11.2 Å². The highest BCUT2D eigenvalue weighted by molar-refractivity contribution is 5.85. The number of carbonyl (C=O) groups is 1. The quantitative estimate of drug-likeness (QED) is 0.562. The van der Waals surface area contributed by atoms with Gasteiger partial charge in [0.15, 0.2) is 11.5 Å². The monoisotopic (exact) mass is 345 g/mol. The van der Waals surface area contributed by atoms with Gasteiger partial charge in [-0.25, -0.2) is 0 Å². The van der Waals surface area contributed by atoms with Crippen LogP contribution in [0.15, 0.2) is 12.1 Å².